The molecule has 76 valence electrons. The Hall–Kier alpha value is -1.55. The molecule has 1 aromatic rings. The van der Waals surface area contributed by atoms with Gasteiger partial charge in [-0.2, -0.15) is 0 Å². The van der Waals surface area contributed by atoms with Crippen molar-refractivity contribution < 1.29 is 14.6 Å². The molecule has 0 unspecified atom stereocenters. The van der Waals surface area contributed by atoms with Crippen molar-refractivity contribution in [1.29, 1.82) is 0 Å². The molecule has 1 aromatic carbocycles. The molecule has 0 saturated heterocycles. The van der Waals surface area contributed by atoms with Crippen LogP contribution in [0.3, 0.4) is 0 Å². The quantitative estimate of drug-likeness (QED) is 0.759. The van der Waals surface area contributed by atoms with Gasteiger partial charge in [0.2, 0.25) is 0 Å². The zero-order valence-corrected chi connectivity index (χ0v) is 7.93. The van der Waals surface area contributed by atoms with Crippen LogP contribution in [0.5, 0.6) is 0 Å². The summed E-state index contributed by atoms with van der Waals surface area (Å²) in [5.74, 6) is 0. The largest absolute Gasteiger partial charge is 0.439 e. The van der Waals surface area contributed by atoms with Crippen molar-refractivity contribution in [3.63, 3.8) is 0 Å². The number of rotatable bonds is 3. The molecule has 0 aromatic heterocycles. The van der Waals surface area contributed by atoms with Gasteiger partial charge in [0, 0.05) is 0 Å². The average Bonchev–Trinajstić information content (AvgIpc) is 2.15. The third-order valence-corrected chi connectivity index (χ3v) is 1.87. The smallest absolute Gasteiger partial charge is 0.405 e. The van der Waals surface area contributed by atoms with Gasteiger partial charge < -0.3 is 15.6 Å². The molecule has 1 amide bonds. The number of aryl methyl sites for hydroxylation is 1. The Morgan fingerprint density at radius 1 is 1.50 bits per heavy atom. The van der Waals surface area contributed by atoms with Crippen LogP contribution in [0.1, 0.15) is 17.2 Å². The van der Waals surface area contributed by atoms with E-state index < -0.39 is 12.2 Å². The van der Waals surface area contributed by atoms with Gasteiger partial charge in [0.25, 0.3) is 0 Å². The summed E-state index contributed by atoms with van der Waals surface area (Å²) >= 11 is 0. The fourth-order valence-electron chi connectivity index (χ4n) is 1.13. The zero-order valence-electron chi connectivity index (χ0n) is 7.93. The van der Waals surface area contributed by atoms with Gasteiger partial charge in [-0.15, -0.1) is 0 Å². The maximum absolute atomic E-state index is 10.5. The standard InChI is InChI=1S/C10H13NO3/c1-7-2-4-8(5-3-7)9(6-12)14-10(11)13/h2-5,9,12H,6H2,1H3,(H2,11,13)/t9-/m1/s1. The molecule has 1 atom stereocenters. The Balaban J connectivity index is 2.78. The molecule has 0 spiro atoms. The lowest BCUT2D eigenvalue weighted by atomic mass is 10.1. The first-order chi connectivity index (χ1) is 6.63. The molecule has 0 heterocycles. The van der Waals surface area contributed by atoms with Crippen molar-refractivity contribution in [1.82, 2.24) is 0 Å². The third kappa shape index (κ3) is 2.74. The van der Waals surface area contributed by atoms with Crippen molar-refractivity contribution in [2.45, 2.75) is 13.0 Å². The number of hydrogen-bond donors (Lipinski definition) is 2. The van der Waals surface area contributed by atoms with E-state index in [0.29, 0.717) is 0 Å². The van der Waals surface area contributed by atoms with Crippen LogP contribution in [0, 0.1) is 6.92 Å². The monoisotopic (exact) mass is 195 g/mol. The van der Waals surface area contributed by atoms with Crippen LogP contribution >= 0.6 is 0 Å². The number of hydrogen-bond acceptors (Lipinski definition) is 3. The normalized spacial score (nSPS) is 12.1. The second kappa shape index (κ2) is 4.62. The number of carbonyl (C=O) groups is 1. The molecule has 0 aliphatic heterocycles. The van der Waals surface area contributed by atoms with Crippen molar-refractivity contribution in [2.75, 3.05) is 6.61 Å². The van der Waals surface area contributed by atoms with Crippen LogP contribution in [-0.4, -0.2) is 17.8 Å². The van der Waals surface area contributed by atoms with Gasteiger partial charge in [-0.1, -0.05) is 29.8 Å². The second-order valence-corrected chi connectivity index (χ2v) is 3.02. The van der Waals surface area contributed by atoms with Crippen LogP contribution in [0.25, 0.3) is 0 Å². The fraction of sp³-hybridized carbons (Fsp3) is 0.300. The van der Waals surface area contributed by atoms with Gasteiger partial charge in [-0.25, -0.2) is 4.79 Å². The Kier molecular flexibility index (Phi) is 3.48. The number of aliphatic hydroxyl groups excluding tert-OH is 1. The lowest BCUT2D eigenvalue weighted by Crippen LogP contribution is -2.19. The van der Waals surface area contributed by atoms with E-state index in [-0.39, 0.29) is 6.61 Å². The highest BCUT2D eigenvalue weighted by Crippen LogP contribution is 2.16. The van der Waals surface area contributed by atoms with Crippen LogP contribution in [0.2, 0.25) is 0 Å². The number of amides is 1. The second-order valence-electron chi connectivity index (χ2n) is 3.02. The first-order valence-corrected chi connectivity index (χ1v) is 4.27. The van der Waals surface area contributed by atoms with Gasteiger partial charge in [-0.3, -0.25) is 0 Å². The van der Waals surface area contributed by atoms with E-state index in [0.717, 1.165) is 11.1 Å². The molecular weight excluding hydrogens is 182 g/mol. The topological polar surface area (TPSA) is 72.6 Å². The lowest BCUT2D eigenvalue weighted by Gasteiger charge is -2.14. The number of carbonyl (C=O) groups excluding carboxylic acids is 1. The maximum atomic E-state index is 10.5. The van der Waals surface area contributed by atoms with Crippen LogP contribution < -0.4 is 5.73 Å². The molecular formula is C10H13NO3. The molecule has 3 N–H and O–H groups in total. The van der Waals surface area contributed by atoms with Crippen LogP contribution in [-0.2, 0) is 4.74 Å². The fourth-order valence-corrected chi connectivity index (χ4v) is 1.13. The highest BCUT2D eigenvalue weighted by Gasteiger charge is 2.13. The minimum Gasteiger partial charge on any atom is -0.439 e. The number of primary amides is 1. The van der Waals surface area contributed by atoms with Gasteiger partial charge >= 0.3 is 6.09 Å². The number of aliphatic hydroxyl groups is 1. The van der Waals surface area contributed by atoms with E-state index in [9.17, 15) is 4.79 Å². The summed E-state index contributed by atoms with van der Waals surface area (Å²) in [5.41, 5.74) is 6.70. The Bertz CT molecular complexity index is 308. The summed E-state index contributed by atoms with van der Waals surface area (Å²) in [6.45, 7) is 1.68. The highest BCUT2D eigenvalue weighted by molar-refractivity contribution is 5.65. The summed E-state index contributed by atoms with van der Waals surface area (Å²) in [4.78, 5) is 10.5. The number of benzene rings is 1. The lowest BCUT2D eigenvalue weighted by molar-refractivity contribution is 0.0633. The molecule has 14 heavy (non-hydrogen) atoms. The molecule has 4 heteroatoms. The minimum atomic E-state index is -0.885. The number of ether oxygens (including phenoxy) is 1. The van der Waals surface area contributed by atoms with E-state index >= 15 is 0 Å². The molecule has 0 aliphatic rings. The minimum absolute atomic E-state index is 0.272. The molecule has 0 radical (unpaired) electrons. The predicted molar refractivity (Wildman–Crippen MR) is 51.7 cm³/mol. The summed E-state index contributed by atoms with van der Waals surface area (Å²) < 4.78 is 4.71. The predicted octanol–water partition coefficient (Wildman–Crippen LogP) is 1.12. The molecule has 4 nitrogen and oxygen atoms in total. The highest BCUT2D eigenvalue weighted by atomic mass is 16.6. The van der Waals surface area contributed by atoms with Gasteiger partial charge in [0.05, 0.1) is 6.61 Å². The summed E-state index contributed by atoms with van der Waals surface area (Å²) in [7, 11) is 0. The zero-order chi connectivity index (χ0) is 10.6. The van der Waals surface area contributed by atoms with E-state index in [4.69, 9.17) is 15.6 Å². The molecule has 1 rings (SSSR count). The van der Waals surface area contributed by atoms with Gasteiger partial charge in [0.15, 0.2) is 6.10 Å². The maximum Gasteiger partial charge on any atom is 0.405 e. The summed E-state index contributed by atoms with van der Waals surface area (Å²) in [6.07, 6.45) is -1.56. The van der Waals surface area contributed by atoms with Crippen LogP contribution in [0.4, 0.5) is 4.79 Å². The van der Waals surface area contributed by atoms with Crippen molar-refractivity contribution >= 4 is 6.09 Å². The Morgan fingerprint density at radius 3 is 2.50 bits per heavy atom. The van der Waals surface area contributed by atoms with E-state index in [1.807, 2.05) is 19.1 Å². The summed E-state index contributed by atoms with van der Waals surface area (Å²) in [6, 6.07) is 7.34. The SMILES string of the molecule is Cc1ccc([C@@H](CO)OC(N)=O)cc1. The number of nitrogens with two attached hydrogens (primary N) is 1. The van der Waals surface area contributed by atoms with Gasteiger partial charge in [0.1, 0.15) is 0 Å². The summed E-state index contributed by atoms with van der Waals surface area (Å²) in [5, 5.41) is 8.96. The molecule has 0 saturated carbocycles. The molecule has 0 bridgehead atoms. The van der Waals surface area contributed by atoms with E-state index in [2.05, 4.69) is 0 Å². The first kappa shape index (κ1) is 10.5. The van der Waals surface area contributed by atoms with E-state index in [1.165, 1.54) is 0 Å². The first-order valence-electron chi connectivity index (χ1n) is 4.27. The van der Waals surface area contributed by atoms with E-state index in [1.54, 1.807) is 12.1 Å². The van der Waals surface area contributed by atoms with Crippen molar-refractivity contribution in [3.8, 4) is 0 Å². The molecule has 0 aliphatic carbocycles. The van der Waals surface area contributed by atoms with Crippen LogP contribution in [0.15, 0.2) is 24.3 Å². The average molecular weight is 195 g/mol. The Morgan fingerprint density at radius 2 is 2.07 bits per heavy atom. The van der Waals surface area contributed by atoms with Gasteiger partial charge in [-0.05, 0) is 12.5 Å². The van der Waals surface area contributed by atoms with Crippen molar-refractivity contribution in [3.05, 3.63) is 35.4 Å². The van der Waals surface area contributed by atoms with Crippen molar-refractivity contribution in [2.24, 2.45) is 5.73 Å². The Labute approximate surface area is 82.3 Å². The third-order valence-electron chi connectivity index (χ3n) is 1.87. The molecule has 0 fully saturated rings.